The van der Waals surface area contributed by atoms with E-state index in [-0.39, 0.29) is 11.6 Å². The van der Waals surface area contributed by atoms with E-state index in [0.29, 0.717) is 18.4 Å². The van der Waals surface area contributed by atoms with Gasteiger partial charge in [-0.05, 0) is 24.6 Å². The highest BCUT2D eigenvalue weighted by Crippen LogP contribution is 2.12. The Balaban J connectivity index is 2.77. The molecule has 0 unspecified atom stereocenters. The maximum absolute atomic E-state index is 12.6. The van der Waals surface area contributed by atoms with E-state index in [1.165, 1.54) is 18.2 Å². The molecule has 0 heterocycles. The molecule has 0 atom stereocenters. The summed E-state index contributed by atoms with van der Waals surface area (Å²) in [6.07, 6.45) is 7.02. The fraction of sp³-hybridized carbons (Fsp3) is 0.300. The lowest BCUT2D eigenvalue weighted by molar-refractivity contribution is -0.115. The van der Waals surface area contributed by atoms with Gasteiger partial charge in [0.05, 0.1) is 0 Å². The summed E-state index contributed by atoms with van der Waals surface area (Å²) >= 11 is 0. The predicted molar refractivity (Wildman–Crippen MR) is 46.3 cm³/mol. The van der Waals surface area contributed by atoms with Crippen LogP contribution in [0.15, 0.2) is 35.7 Å². The van der Waals surface area contributed by atoms with Gasteiger partial charge in [-0.25, -0.2) is 4.39 Å². The Kier molecular flexibility index (Phi) is 2.97. The summed E-state index contributed by atoms with van der Waals surface area (Å²) < 4.78 is 12.6. The molecule has 1 nitrogen and oxygen atoms in total. The van der Waals surface area contributed by atoms with Gasteiger partial charge in [0, 0.05) is 12.0 Å². The molecule has 0 aromatic rings. The van der Waals surface area contributed by atoms with E-state index in [1.54, 1.807) is 13.0 Å². The van der Waals surface area contributed by atoms with Gasteiger partial charge in [0.2, 0.25) is 0 Å². The second-order valence-corrected chi connectivity index (χ2v) is 2.59. The SMILES string of the molecule is CCC(=O)C1=CCC=C(F)C=C1. The molecule has 2 heteroatoms. The van der Waals surface area contributed by atoms with Crippen molar-refractivity contribution >= 4 is 5.78 Å². The molecule has 1 rings (SSSR count). The number of rotatable bonds is 2. The maximum Gasteiger partial charge on any atom is 0.162 e. The first-order valence-electron chi connectivity index (χ1n) is 4.01. The Morgan fingerprint density at radius 3 is 2.92 bits per heavy atom. The molecule has 0 aromatic heterocycles. The van der Waals surface area contributed by atoms with Crippen molar-refractivity contribution < 1.29 is 9.18 Å². The van der Waals surface area contributed by atoms with Gasteiger partial charge in [-0.1, -0.05) is 13.0 Å². The predicted octanol–water partition coefficient (Wildman–Crippen LogP) is 2.71. The summed E-state index contributed by atoms with van der Waals surface area (Å²) in [6.45, 7) is 1.80. The normalized spacial score (nSPS) is 16.5. The van der Waals surface area contributed by atoms with Crippen molar-refractivity contribution in [1.29, 1.82) is 0 Å². The molecule has 0 N–H and O–H groups in total. The van der Waals surface area contributed by atoms with Crippen LogP contribution >= 0.6 is 0 Å². The topological polar surface area (TPSA) is 17.1 Å². The maximum atomic E-state index is 12.6. The van der Waals surface area contributed by atoms with Gasteiger partial charge >= 0.3 is 0 Å². The van der Waals surface area contributed by atoms with Crippen LogP contribution in [0.1, 0.15) is 19.8 Å². The van der Waals surface area contributed by atoms with E-state index in [2.05, 4.69) is 0 Å². The van der Waals surface area contributed by atoms with Crippen LogP contribution in [0.25, 0.3) is 0 Å². The van der Waals surface area contributed by atoms with Crippen LogP contribution in [0.3, 0.4) is 0 Å². The average molecular weight is 166 g/mol. The third-order valence-electron chi connectivity index (χ3n) is 1.72. The molecule has 0 amide bonds. The summed E-state index contributed by atoms with van der Waals surface area (Å²) in [6, 6.07) is 0. The van der Waals surface area contributed by atoms with Crippen molar-refractivity contribution in [3.8, 4) is 0 Å². The summed E-state index contributed by atoms with van der Waals surface area (Å²) in [5.41, 5.74) is 0.612. The van der Waals surface area contributed by atoms with Gasteiger partial charge in [-0.15, -0.1) is 0 Å². The Labute approximate surface area is 71.3 Å². The first kappa shape index (κ1) is 8.91. The molecule has 64 valence electrons. The number of carbonyl (C=O) groups excluding carboxylic acids is 1. The second-order valence-electron chi connectivity index (χ2n) is 2.59. The van der Waals surface area contributed by atoms with Crippen molar-refractivity contribution in [2.75, 3.05) is 0 Å². The minimum absolute atomic E-state index is 0.0642. The van der Waals surface area contributed by atoms with Crippen LogP contribution in [-0.2, 0) is 4.79 Å². The summed E-state index contributed by atoms with van der Waals surface area (Å²) in [5, 5.41) is 0. The van der Waals surface area contributed by atoms with E-state index >= 15 is 0 Å². The molecule has 0 radical (unpaired) electrons. The highest BCUT2D eigenvalue weighted by molar-refractivity contribution is 5.97. The van der Waals surface area contributed by atoms with Gasteiger partial charge in [-0.3, -0.25) is 4.79 Å². The standard InChI is InChI=1S/C10H11FO/c1-2-10(12)8-4-3-5-9(11)7-6-8/h4-7H,2-3H2,1H3. The molecule has 0 aliphatic heterocycles. The van der Waals surface area contributed by atoms with Crippen LogP contribution in [0.2, 0.25) is 0 Å². The Morgan fingerprint density at radius 1 is 1.50 bits per heavy atom. The van der Waals surface area contributed by atoms with Crippen molar-refractivity contribution in [3.63, 3.8) is 0 Å². The molecule has 1 aliphatic rings. The largest absolute Gasteiger partial charge is 0.294 e. The zero-order valence-electron chi connectivity index (χ0n) is 7.01. The summed E-state index contributed by atoms with van der Waals surface area (Å²) in [5.74, 6) is -0.209. The smallest absolute Gasteiger partial charge is 0.162 e. The lowest BCUT2D eigenvalue weighted by Gasteiger charge is -1.94. The highest BCUT2D eigenvalue weighted by atomic mass is 19.1. The Hall–Kier alpha value is -1.18. The number of Topliss-reactive ketones (excluding diaryl/α,β-unsaturated/α-hetero) is 1. The third kappa shape index (κ3) is 2.16. The number of carbonyl (C=O) groups is 1. The Morgan fingerprint density at radius 2 is 2.25 bits per heavy atom. The molecule has 1 aliphatic carbocycles. The zero-order chi connectivity index (χ0) is 8.97. The van der Waals surface area contributed by atoms with Gasteiger partial charge in [0.15, 0.2) is 5.78 Å². The van der Waals surface area contributed by atoms with Crippen molar-refractivity contribution in [2.24, 2.45) is 0 Å². The van der Waals surface area contributed by atoms with Crippen molar-refractivity contribution in [2.45, 2.75) is 19.8 Å². The molecule has 0 spiro atoms. The van der Waals surface area contributed by atoms with E-state index in [0.717, 1.165) is 0 Å². The lowest BCUT2D eigenvalue weighted by Crippen LogP contribution is -1.96. The summed E-state index contributed by atoms with van der Waals surface area (Å²) in [4.78, 5) is 11.2. The van der Waals surface area contributed by atoms with Crippen LogP contribution in [-0.4, -0.2) is 5.78 Å². The van der Waals surface area contributed by atoms with Gasteiger partial charge in [-0.2, -0.15) is 0 Å². The van der Waals surface area contributed by atoms with E-state index < -0.39 is 0 Å². The lowest BCUT2D eigenvalue weighted by atomic mass is 10.1. The monoisotopic (exact) mass is 166 g/mol. The quantitative estimate of drug-likeness (QED) is 0.616. The van der Waals surface area contributed by atoms with E-state index in [1.807, 2.05) is 0 Å². The second kappa shape index (κ2) is 4.00. The molecule has 0 aromatic carbocycles. The number of hydrogen-bond acceptors (Lipinski definition) is 1. The minimum Gasteiger partial charge on any atom is -0.294 e. The highest BCUT2D eigenvalue weighted by Gasteiger charge is 2.04. The van der Waals surface area contributed by atoms with E-state index in [9.17, 15) is 9.18 Å². The first-order chi connectivity index (χ1) is 5.74. The molecular weight excluding hydrogens is 155 g/mol. The fourth-order valence-corrected chi connectivity index (χ4v) is 1.01. The van der Waals surface area contributed by atoms with Crippen LogP contribution in [0.5, 0.6) is 0 Å². The van der Waals surface area contributed by atoms with Crippen molar-refractivity contribution in [3.05, 3.63) is 35.7 Å². The van der Waals surface area contributed by atoms with E-state index in [4.69, 9.17) is 0 Å². The van der Waals surface area contributed by atoms with Gasteiger partial charge in [0.25, 0.3) is 0 Å². The first-order valence-corrected chi connectivity index (χ1v) is 4.01. The number of allylic oxidation sites excluding steroid dienone is 6. The molecular formula is C10H11FO. The molecule has 0 bridgehead atoms. The average Bonchev–Trinajstić information content (AvgIpc) is 2.29. The fourth-order valence-electron chi connectivity index (χ4n) is 1.01. The van der Waals surface area contributed by atoms with Crippen LogP contribution < -0.4 is 0 Å². The molecule has 0 saturated heterocycles. The molecule has 12 heavy (non-hydrogen) atoms. The summed E-state index contributed by atoms with van der Waals surface area (Å²) in [7, 11) is 0. The van der Waals surface area contributed by atoms with Crippen LogP contribution in [0.4, 0.5) is 4.39 Å². The zero-order valence-corrected chi connectivity index (χ0v) is 7.01. The molecule has 0 fully saturated rings. The minimum atomic E-state index is -0.273. The molecule has 0 saturated carbocycles. The number of halogens is 1. The van der Waals surface area contributed by atoms with Gasteiger partial charge in [0.1, 0.15) is 5.83 Å². The number of hydrogen-bond donors (Lipinski definition) is 0. The number of ketones is 1. The van der Waals surface area contributed by atoms with Gasteiger partial charge < -0.3 is 0 Å². The third-order valence-corrected chi connectivity index (χ3v) is 1.72. The Bertz CT molecular complexity index is 272. The van der Waals surface area contributed by atoms with Crippen molar-refractivity contribution in [1.82, 2.24) is 0 Å². The van der Waals surface area contributed by atoms with Crippen LogP contribution in [0, 0.1) is 0 Å².